The average Bonchev–Trinajstić information content (AvgIpc) is 2.42. The van der Waals surface area contributed by atoms with E-state index >= 15 is 0 Å². The van der Waals surface area contributed by atoms with E-state index in [2.05, 4.69) is 41.9 Å². The van der Waals surface area contributed by atoms with Crippen molar-refractivity contribution in [2.75, 3.05) is 12.4 Å². The van der Waals surface area contributed by atoms with Crippen molar-refractivity contribution in [3.8, 4) is 0 Å². The molecule has 3 heteroatoms. The molecule has 1 fully saturated rings. The Morgan fingerprint density at radius 3 is 2.89 bits per heavy atom. The van der Waals surface area contributed by atoms with E-state index in [0.717, 1.165) is 24.6 Å². The predicted octanol–water partition coefficient (Wildman–Crippen LogP) is 3.66. The highest BCUT2D eigenvalue weighted by Crippen LogP contribution is 2.51. The number of carbonyl (C=O) groups is 1. The van der Waals surface area contributed by atoms with E-state index in [0.29, 0.717) is 5.92 Å². The van der Waals surface area contributed by atoms with Gasteiger partial charge in [-0.3, -0.25) is 4.79 Å². The van der Waals surface area contributed by atoms with E-state index in [1.807, 2.05) is 6.08 Å². The topological polar surface area (TPSA) is 26.3 Å². The Hall–Kier alpha value is -0.410. The van der Waals surface area contributed by atoms with Crippen LogP contribution < -0.4 is 0 Å². The summed E-state index contributed by atoms with van der Waals surface area (Å²) in [4.78, 5) is 12.7. The molecule has 0 aliphatic heterocycles. The summed E-state index contributed by atoms with van der Waals surface area (Å²) in [6, 6.07) is 0. The molecule has 0 radical (unpaired) electrons. The minimum atomic E-state index is -0.653. The zero-order valence-corrected chi connectivity index (χ0v) is 12.9. The Kier molecular flexibility index (Phi) is 3.84. The summed E-state index contributed by atoms with van der Waals surface area (Å²) in [5.41, 5.74) is 0.326. The first-order chi connectivity index (χ1) is 8.48. The molecule has 0 heterocycles. The van der Waals surface area contributed by atoms with Gasteiger partial charge in [0, 0.05) is 17.9 Å². The van der Waals surface area contributed by atoms with Crippen LogP contribution in [0, 0.1) is 11.3 Å². The molecule has 3 aliphatic carbocycles. The third kappa shape index (κ3) is 2.01. The van der Waals surface area contributed by atoms with Gasteiger partial charge in [-0.1, -0.05) is 40.6 Å². The van der Waals surface area contributed by atoms with Crippen molar-refractivity contribution in [3.05, 3.63) is 23.8 Å². The van der Waals surface area contributed by atoms with Crippen molar-refractivity contribution in [3.63, 3.8) is 0 Å². The number of fused-ring (bicyclic) bond motifs is 2. The second-order valence-electron chi connectivity index (χ2n) is 5.73. The number of ketones is 1. The van der Waals surface area contributed by atoms with Crippen molar-refractivity contribution in [1.82, 2.24) is 0 Å². The van der Waals surface area contributed by atoms with Crippen molar-refractivity contribution in [2.45, 2.75) is 38.7 Å². The van der Waals surface area contributed by atoms with Gasteiger partial charge < -0.3 is 4.74 Å². The van der Waals surface area contributed by atoms with Gasteiger partial charge in [-0.15, -0.1) is 0 Å². The molecule has 3 rings (SSSR count). The molecule has 0 saturated heterocycles. The van der Waals surface area contributed by atoms with Crippen molar-refractivity contribution in [1.29, 1.82) is 0 Å². The summed E-state index contributed by atoms with van der Waals surface area (Å²) in [5, 5.41) is 0.868. The van der Waals surface area contributed by atoms with Crippen LogP contribution in [0.4, 0.5) is 0 Å². The Morgan fingerprint density at radius 2 is 2.39 bits per heavy atom. The largest absolute Gasteiger partial charge is 0.366 e. The molecule has 100 valence electrons. The summed E-state index contributed by atoms with van der Waals surface area (Å²) in [7, 11) is 1.65. The molecule has 2 bridgehead atoms. The monoisotopic (exact) mass is 312 g/mol. The Labute approximate surface area is 118 Å². The molecule has 0 amide bonds. The van der Waals surface area contributed by atoms with E-state index in [1.165, 1.54) is 5.57 Å². The van der Waals surface area contributed by atoms with Crippen molar-refractivity contribution >= 4 is 21.7 Å². The molecule has 0 unspecified atom stereocenters. The number of carbonyl (C=O) groups excluding carboxylic acids is 1. The molecule has 3 aliphatic rings. The zero-order chi connectivity index (χ0) is 13.4. The highest BCUT2D eigenvalue weighted by Gasteiger charge is 2.56. The fourth-order valence-corrected chi connectivity index (χ4v) is 3.37. The number of allylic oxidation sites excluding steroid dienone is 3. The lowest BCUT2D eigenvalue weighted by atomic mass is 9.56. The normalized spacial score (nSPS) is 39.4. The maximum Gasteiger partial charge on any atom is 0.175 e. The predicted molar refractivity (Wildman–Crippen MR) is 76.9 cm³/mol. The standard InChI is InChI=1S/C15H21BrO2/c1-11(10-16)4-7-14(2)12-5-8-15(18-3,9-6-12)13(14)17/h4-5,8,12H,6-7,9-10H2,1-3H3/b11-4+/t12-,14-,15-/m1/s1. The number of rotatable bonds is 4. The third-order valence-electron chi connectivity index (χ3n) is 4.60. The van der Waals surface area contributed by atoms with Crippen LogP contribution in [0.5, 0.6) is 0 Å². The number of Topliss-reactive ketones (excluding diaryl/α,β-unsaturated/α-hetero) is 1. The van der Waals surface area contributed by atoms with Gasteiger partial charge in [0.2, 0.25) is 0 Å². The van der Waals surface area contributed by atoms with Crippen molar-refractivity contribution < 1.29 is 9.53 Å². The highest BCUT2D eigenvalue weighted by molar-refractivity contribution is 9.09. The van der Waals surface area contributed by atoms with Crippen LogP contribution in [0.2, 0.25) is 0 Å². The van der Waals surface area contributed by atoms with E-state index in [9.17, 15) is 4.79 Å². The number of methoxy groups -OCH3 is 1. The molecular formula is C15H21BrO2. The molecule has 0 N–H and O–H groups in total. The quantitative estimate of drug-likeness (QED) is 0.585. The summed E-state index contributed by atoms with van der Waals surface area (Å²) >= 11 is 3.45. The van der Waals surface area contributed by atoms with Gasteiger partial charge in [-0.25, -0.2) is 0 Å². The number of hydrogen-bond acceptors (Lipinski definition) is 2. The Balaban J connectivity index is 2.29. The van der Waals surface area contributed by atoms with Crippen LogP contribution in [0.3, 0.4) is 0 Å². The van der Waals surface area contributed by atoms with E-state index in [-0.39, 0.29) is 11.2 Å². The van der Waals surface area contributed by atoms with Crippen LogP contribution >= 0.6 is 15.9 Å². The molecule has 0 aromatic heterocycles. The minimum Gasteiger partial charge on any atom is -0.366 e. The summed E-state index contributed by atoms with van der Waals surface area (Å²) in [6.45, 7) is 4.18. The van der Waals surface area contributed by atoms with Crippen molar-refractivity contribution in [2.24, 2.45) is 11.3 Å². The van der Waals surface area contributed by atoms with Gasteiger partial charge >= 0.3 is 0 Å². The fraction of sp³-hybridized carbons (Fsp3) is 0.667. The highest BCUT2D eigenvalue weighted by atomic mass is 79.9. The lowest BCUT2D eigenvalue weighted by Gasteiger charge is -2.50. The number of alkyl halides is 1. The maximum absolute atomic E-state index is 12.7. The van der Waals surface area contributed by atoms with Crippen LogP contribution in [-0.4, -0.2) is 23.8 Å². The van der Waals surface area contributed by atoms with Gasteiger partial charge in [-0.2, -0.15) is 0 Å². The van der Waals surface area contributed by atoms with E-state index < -0.39 is 5.60 Å². The van der Waals surface area contributed by atoms with Gasteiger partial charge in [0.05, 0.1) is 0 Å². The van der Waals surface area contributed by atoms with Gasteiger partial charge in [0.1, 0.15) is 5.60 Å². The lowest BCUT2D eigenvalue weighted by molar-refractivity contribution is -0.156. The first-order valence-corrected chi connectivity index (χ1v) is 7.62. The number of ether oxygens (including phenoxy) is 1. The van der Waals surface area contributed by atoms with Crippen LogP contribution in [0.15, 0.2) is 23.8 Å². The first-order valence-electron chi connectivity index (χ1n) is 6.49. The van der Waals surface area contributed by atoms with E-state index in [1.54, 1.807) is 7.11 Å². The number of hydrogen-bond donors (Lipinski definition) is 0. The summed E-state index contributed by atoms with van der Waals surface area (Å²) in [6.07, 6.45) is 9.04. The maximum atomic E-state index is 12.7. The Morgan fingerprint density at radius 1 is 1.67 bits per heavy atom. The molecule has 0 spiro atoms. The Bertz CT molecular complexity index is 413. The molecule has 0 aromatic rings. The fourth-order valence-electron chi connectivity index (χ4n) is 3.14. The molecule has 0 aromatic carbocycles. The average molecular weight is 313 g/mol. The molecular weight excluding hydrogens is 292 g/mol. The molecule has 3 atom stereocenters. The molecule has 18 heavy (non-hydrogen) atoms. The second kappa shape index (κ2) is 4.93. The SMILES string of the molecule is CO[C@]12C=C[C@H](CC1)[C@@](C)(C/C=C(\C)CBr)C2=O. The van der Waals surface area contributed by atoms with Gasteiger partial charge in [-0.05, 0) is 38.2 Å². The minimum absolute atomic E-state index is 0.259. The van der Waals surface area contributed by atoms with Crippen LogP contribution in [0.1, 0.15) is 33.1 Å². The third-order valence-corrected chi connectivity index (χ3v) is 5.48. The second-order valence-corrected chi connectivity index (χ2v) is 6.29. The number of halogens is 1. The van der Waals surface area contributed by atoms with Gasteiger partial charge in [0.25, 0.3) is 0 Å². The van der Waals surface area contributed by atoms with E-state index in [4.69, 9.17) is 4.74 Å². The molecule has 1 saturated carbocycles. The lowest BCUT2D eigenvalue weighted by Crippen LogP contribution is -2.57. The van der Waals surface area contributed by atoms with Crippen LogP contribution in [-0.2, 0) is 9.53 Å². The van der Waals surface area contributed by atoms with Crippen LogP contribution in [0.25, 0.3) is 0 Å². The molecule has 2 nitrogen and oxygen atoms in total. The summed E-state index contributed by atoms with van der Waals surface area (Å²) in [5.74, 6) is 0.622. The smallest absolute Gasteiger partial charge is 0.175 e. The summed E-state index contributed by atoms with van der Waals surface area (Å²) < 4.78 is 5.54. The zero-order valence-electron chi connectivity index (χ0n) is 11.3. The van der Waals surface area contributed by atoms with Gasteiger partial charge in [0.15, 0.2) is 5.78 Å². The first kappa shape index (κ1) is 14.0.